The molecule has 1 aromatic carbocycles. The van der Waals surface area contributed by atoms with E-state index in [9.17, 15) is 13.2 Å². The van der Waals surface area contributed by atoms with Crippen LogP contribution in [0.1, 0.15) is 12.0 Å². The Morgan fingerprint density at radius 1 is 1.28 bits per heavy atom. The van der Waals surface area contributed by atoms with Crippen LogP contribution in [-0.2, 0) is 14.6 Å². The van der Waals surface area contributed by atoms with Gasteiger partial charge in [0.1, 0.15) is 9.84 Å². The second-order valence-electron chi connectivity index (χ2n) is 4.02. The molecule has 1 aromatic rings. The van der Waals surface area contributed by atoms with Crippen molar-refractivity contribution in [2.75, 3.05) is 18.6 Å². The highest BCUT2D eigenvalue weighted by atomic mass is 32.2. The molecule has 5 heteroatoms. The summed E-state index contributed by atoms with van der Waals surface area (Å²) in [7, 11) is -2.95. The van der Waals surface area contributed by atoms with Crippen molar-refractivity contribution in [2.24, 2.45) is 0 Å². The summed E-state index contributed by atoms with van der Waals surface area (Å²) in [5.74, 6) is -0.122. The van der Waals surface area contributed by atoms with Gasteiger partial charge in [-0.2, -0.15) is 0 Å². The fraction of sp³-hybridized carbons (Fsp3) is 0.308. The average Bonchev–Trinajstić information content (AvgIpc) is 2.32. The first-order chi connectivity index (χ1) is 8.47. The van der Waals surface area contributed by atoms with Crippen molar-refractivity contribution in [1.29, 1.82) is 0 Å². The van der Waals surface area contributed by atoms with E-state index in [0.29, 0.717) is 13.0 Å². The zero-order valence-corrected chi connectivity index (χ0v) is 11.1. The molecule has 0 aliphatic carbocycles. The summed E-state index contributed by atoms with van der Waals surface area (Å²) in [5, 5.41) is 2.64. The Labute approximate surface area is 108 Å². The molecule has 0 radical (unpaired) electrons. The van der Waals surface area contributed by atoms with E-state index in [1.54, 1.807) is 6.08 Å². The quantitative estimate of drug-likeness (QED) is 0.623. The van der Waals surface area contributed by atoms with Gasteiger partial charge in [-0.25, -0.2) is 8.42 Å². The van der Waals surface area contributed by atoms with Crippen molar-refractivity contribution in [3.8, 4) is 0 Å². The Balaban J connectivity index is 2.28. The lowest BCUT2D eigenvalue weighted by molar-refractivity contribution is -0.116. The second-order valence-corrected chi connectivity index (χ2v) is 6.28. The monoisotopic (exact) mass is 267 g/mol. The molecule has 0 fully saturated rings. The molecule has 0 saturated carbocycles. The molecule has 0 atom stereocenters. The number of nitrogens with one attached hydrogen (secondary N) is 1. The summed E-state index contributed by atoms with van der Waals surface area (Å²) in [6.07, 6.45) is 4.77. The van der Waals surface area contributed by atoms with Crippen LogP contribution >= 0.6 is 0 Å². The van der Waals surface area contributed by atoms with E-state index in [-0.39, 0.29) is 11.7 Å². The Kier molecular flexibility index (Phi) is 5.58. The molecule has 0 unspecified atom stereocenters. The van der Waals surface area contributed by atoms with Crippen LogP contribution in [0.5, 0.6) is 0 Å². The molecule has 4 nitrogen and oxygen atoms in total. The van der Waals surface area contributed by atoms with E-state index in [1.807, 2.05) is 30.3 Å². The molecule has 0 aliphatic rings. The van der Waals surface area contributed by atoms with Crippen LogP contribution in [0.3, 0.4) is 0 Å². The Hall–Kier alpha value is -1.62. The first-order valence-electron chi connectivity index (χ1n) is 5.66. The summed E-state index contributed by atoms with van der Waals surface area (Å²) in [6.45, 7) is 0.366. The molecule has 1 rings (SSSR count). The van der Waals surface area contributed by atoms with E-state index in [4.69, 9.17) is 0 Å². The molecular formula is C13H17NO3S. The predicted octanol–water partition coefficient (Wildman–Crippen LogP) is 1.25. The first-order valence-corrected chi connectivity index (χ1v) is 7.72. The Morgan fingerprint density at radius 3 is 2.56 bits per heavy atom. The van der Waals surface area contributed by atoms with Crippen molar-refractivity contribution < 1.29 is 13.2 Å². The van der Waals surface area contributed by atoms with Gasteiger partial charge in [-0.1, -0.05) is 30.3 Å². The highest BCUT2D eigenvalue weighted by Gasteiger charge is 2.01. The molecule has 0 spiro atoms. The SMILES string of the molecule is CS(=O)(=O)CCCNC(=O)/C=C/c1ccccc1. The molecule has 0 saturated heterocycles. The number of benzene rings is 1. The minimum Gasteiger partial charge on any atom is -0.353 e. The van der Waals surface area contributed by atoms with Gasteiger partial charge in [0.15, 0.2) is 0 Å². The molecule has 1 amide bonds. The molecule has 0 aromatic heterocycles. The summed E-state index contributed by atoms with van der Waals surface area (Å²) in [5.41, 5.74) is 0.948. The van der Waals surface area contributed by atoms with Crippen LogP contribution in [0, 0.1) is 0 Å². The lowest BCUT2D eigenvalue weighted by atomic mass is 10.2. The molecule has 0 aliphatic heterocycles. The van der Waals surface area contributed by atoms with Crippen LogP contribution in [-0.4, -0.2) is 32.9 Å². The van der Waals surface area contributed by atoms with Gasteiger partial charge in [-0.05, 0) is 18.1 Å². The summed E-state index contributed by atoms with van der Waals surface area (Å²) < 4.78 is 21.7. The smallest absolute Gasteiger partial charge is 0.243 e. The number of sulfone groups is 1. The third kappa shape index (κ3) is 6.85. The van der Waals surface area contributed by atoms with Gasteiger partial charge in [0.2, 0.25) is 5.91 Å². The number of rotatable bonds is 6. The van der Waals surface area contributed by atoms with Crippen LogP contribution in [0.2, 0.25) is 0 Å². The summed E-state index contributed by atoms with van der Waals surface area (Å²) in [6, 6.07) is 9.48. The van der Waals surface area contributed by atoms with Gasteiger partial charge in [-0.3, -0.25) is 4.79 Å². The predicted molar refractivity (Wildman–Crippen MR) is 72.8 cm³/mol. The zero-order chi connectivity index (χ0) is 13.4. The van der Waals surface area contributed by atoms with Crippen LogP contribution in [0.4, 0.5) is 0 Å². The molecule has 1 N–H and O–H groups in total. The lowest BCUT2D eigenvalue weighted by Crippen LogP contribution is -2.23. The van der Waals surface area contributed by atoms with E-state index < -0.39 is 9.84 Å². The Bertz CT molecular complexity index is 506. The van der Waals surface area contributed by atoms with Gasteiger partial charge >= 0.3 is 0 Å². The van der Waals surface area contributed by atoms with Gasteiger partial charge in [0.05, 0.1) is 5.75 Å². The fourth-order valence-corrected chi connectivity index (χ4v) is 2.01. The minimum absolute atomic E-state index is 0.0929. The number of carbonyl (C=O) groups is 1. The van der Waals surface area contributed by atoms with Crippen LogP contribution in [0.25, 0.3) is 6.08 Å². The number of carbonyl (C=O) groups excluding carboxylic acids is 1. The second kappa shape index (κ2) is 6.96. The molecule has 18 heavy (non-hydrogen) atoms. The zero-order valence-electron chi connectivity index (χ0n) is 10.3. The summed E-state index contributed by atoms with van der Waals surface area (Å²) >= 11 is 0. The third-order valence-corrected chi connectivity index (χ3v) is 3.25. The standard InChI is InChI=1S/C13H17NO3S/c1-18(16,17)11-5-10-14-13(15)9-8-12-6-3-2-4-7-12/h2-4,6-9H,5,10-11H2,1H3,(H,14,15)/b9-8+. The highest BCUT2D eigenvalue weighted by Crippen LogP contribution is 2.00. The van der Waals surface area contributed by atoms with Crippen molar-refractivity contribution >= 4 is 21.8 Å². The van der Waals surface area contributed by atoms with Crippen molar-refractivity contribution in [3.63, 3.8) is 0 Å². The van der Waals surface area contributed by atoms with Gasteiger partial charge in [0, 0.05) is 18.9 Å². The van der Waals surface area contributed by atoms with Crippen LogP contribution in [0.15, 0.2) is 36.4 Å². The summed E-state index contributed by atoms with van der Waals surface area (Å²) in [4.78, 5) is 11.4. The maximum atomic E-state index is 11.4. The van der Waals surface area contributed by atoms with Crippen molar-refractivity contribution in [1.82, 2.24) is 5.32 Å². The first kappa shape index (κ1) is 14.4. The van der Waals surface area contributed by atoms with Crippen molar-refractivity contribution in [2.45, 2.75) is 6.42 Å². The van der Waals surface area contributed by atoms with Crippen LogP contribution < -0.4 is 5.32 Å². The number of hydrogen-bond donors (Lipinski definition) is 1. The molecule has 98 valence electrons. The molecule has 0 bridgehead atoms. The average molecular weight is 267 g/mol. The number of hydrogen-bond acceptors (Lipinski definition) is 3. The molecular weight excluding hydrogens is 250 g/mol. The Morgan fingerprint density at radius 2 is 1.94 bits per heavy atom. The van der Waals surface area contributed by atoms with Gasteiger partial charge < -0.3 is 5.32 Å². The minimum atomic E-state index is -2.95. The van der Waals surface area contributed by atoms with E-state index in [1.165, 1.54) is 12.3 Å². The maximum absolute atomic E-state index is 11.4. The largest absolute Gasteiger partial charge is 0.353 e. The van der Waals surface area contributed by atoms with E-state index in [2.05, 4.69) is 5.32 Å². The van der Waals surface area contributed by atoms with Crippen molar-refractivity contribution in [3.05, 3.63) is 42.0 Å². The van der Waals surface area contributed by atoms with E-state index in [0.717, 1.165) is 5.56 Å². The molecule has 0 heterocycles. The number of amides is 1. The van der Waals surface area contributed by atoms with Gasteiger partial charge in [0.25, 0.3) is 0 Å². The topological polar surface area (TPSA) is 63.2 Å². The lowest BCUT2D eigenvalue weighted by Gasteiger charge is -2.01. The fourth-order valence-electron chi connectivity index (χ4n) is 1.34. The van der Waals surface area contributed by atoms with Gasteiger partial charge in [-0.15, -0.1) is 0 Å². The highest BCUT2D eigenvalue weighted by molar-refractivity contribution is 7.90. The normalized spacial score (nSPS) is 11.6. The van der Waals surface area contributed by atoms with E-state index >= 15 is 0 Å². The third-order valence-electron chi connectivity index (χ3n) is 2.22. The maximum Gasteiger partial charge on any atom is 0.243 e.